The fourth-order valence-corrected chi connectivity index (χ4v) is 1.55. The lowest BCUT2D eigenvalue weighted by Gasteiger charge is -2.35. The number of halogens is 2. The Morgan fingerprint density at radius 2 is 2.00 bits per heavy atom. The van der Waals surface area contributed by atoms with Gasteiger partial charge in [-0.2, -0.15) is 0 Å². The first-order valence-electron chi connectivity index (χ1n) is 4.45. The number of aliphatic hydroxyl groups is 1. The van der Waals surface area contributed by atoms with Gasteiger partial charge in [0.15, 0.2) is 0 Å². The monoisotopic (exact) mass is 223 g/mol. The summed E-state index contributed by atoms with van der Waals surface area (Å²) in [6.45, 7) is 4.47. The molecule has 0 aromatic rings. The van der Waals surface area contributed by atoms with Gasteiger partial charge in [0.05, 0.1) is 5.60 Å². The van der Waals surface area contributed by atoms with E-state index in [4.69, 9.17) is 23.2 Å². The largest absolute Gasteiger partial charge is 0.390 e. The summed E-state index contributed by atoms with van der Waals surface area (Å²) in [5.41, 5.74) is -0.481. The number of piperidine rings is 1. The van der Waals surface area contributed by atoms with Crippen molar-refractivity contribution in [3.63, 3.8) is 0 Å². The van der Waals surface area contributed by atoms with E-state index in [9.17, 15) is 5.11 Å². The van der Waals surface area contributed by atoms with Crippen molar-refractivity contribution >= 4 is 23.2 Å². The fourth-order valence-electron chi connectivity index (χ4n) is 1.42. The van der Waals surface area contributed by atoms with Gasteiger partial charge in [-0.15, -0.1) is 0 Å². The van der Waals surface area contributed by atoms with E-state index in [2.05, 4.69) is 4.90 Å². The van der Waals surface area contributed by atoms with Crippen molar-refractivity contribution in [2.75, 3.05) is 19.6 Å². The molecule has 1 saturated heterocycles. The molecule has 0 spiro atoms. The minimum absolute atomic E-state index is 0.317. The predicted molar refractivity (Wildman–Crippen MR) is 56.1 cm³/mol. The van der Waals surface area contributed by atoms with Crippen LogP contribution < -0.4 is 0 Å². The number of rotatable bonds is 2. The highest BCUT2D eigenvalue weighted by Crippen LogP contribution is 2.21. The van der Waals surface area contributed by atoms with Gasteiger partial charge in [-0.05, 0) is 25.8 Å². The van der Waals surface area contributed by atoms with Crippen LogP contribution in [-0.2, 0) is 0 Å². The Labute approximate surface area is 89.1 Å². The molecule has 1 fully saturated rings. The van der Waals surface area contributed by atoms with Crippen LogP contribution >= 0.6 is 23.2 Å². The first kappa shape index (κ1) is 11.3. The smallest absolute Gasteiger partial charge is 0.104 e. The van der Waals surface area contributed by atoms with Crippen LogP contribution in [0.1, 0.15) is 19.8 Å². The van der Waals surface area contributed by atoms with Gasteiger partial charge in [-0.3, -0.25) is 4.90 Å². The average Bonchev–Trinajstić information content (AvgIpc) is 2.02. The van der Waals surface area contributed by atoms with Gasteiger partial charge in [-0.1, -0.05) is 23.2 Å². The fraction of sp³-hybridized carbons (Fsp3) is 0.778. The van der Waals surface area contributed by atoms with Crippen molar-refractivity contribution in [3.05, 3.63) is 10.6 Å². The van der Waals surface area contributed by atoms with Gasteiger partial charge < -0.3 is 5.11 Å². The highest BCUT2D eigenvalue weighted by Gasteiger charge is 2.26. The molecule has 1 heterocycles. The van der Waals surface area contributed by atoms with E-state index in [0.29, 0.717) is 4.49 Å². The third-order valence-corrected chi connectivity index (χ3v) is 2.75. The van der Waals surface area contributed by atoms with Crippen molar-refractivity contribution in [1.82, 2.24) is 4.90 Å². The van der Waals surface area contributed by atoms with Crippen LogP contribution in [0, 0.1) is 0 Å². The summed E-state index contributed by atoms with van der Waals surface area (Å²) < 4.78 is 0.317. The number of nitrogens with zero attached hydrogens (tertiary/aromatic N) is 1. The van der Waals surface area contributed by atoms with Gasteiger partial charge in [0.25, 0.3) is 0 Å². The Bertz CT molecular complexity index is 190. The zero-order valence-electron chi connectivity index (χ0n) is 7.76. The second kappa shape index (κ2) is 4.65. The van der Waals surface area contributed by atoms with Gasteiger partial charge in [-0.25, -0.2) is 0 Å². The molecule has 0 amide bonds. The van der Waals surface area contributed by atoms with E-state index >= 15 is 0 Å². The Kier molecular flexibility index (Phi) is 4.05. The Balaban J connectivity index is 2.30. The second-order valence-electron chi connectivity index (χ2n) is 3.79. The van der Waals surface area contributed by atoms with Crippen LogP contribution in [0.25, 0.3) is 0 Å². The molecule has 0 aromatic carbocycles. The third kappa shape index (κ3) is 4.32. The van der Waals surface area contributed by atoms with Gasteiger partial charge in [0, 0.05) is 19.6 Å². The molecule has 4 heteroatoms. The summed E-state index contributed by atoms with van der Waals surface area (Å²) in [4.78, 5) is 2.22. The molecule has 2 nitrogen and oxygen atoms in total. The highest BCUT2D eigenvalue weighted by atomic mass is 35.5. The van der Waals surface area contributed by atoms with Crippen LogP contribution in [0.3, 0.4) is 0 Å². The zero-order valence-corrected chi connectivity index (χ0v) is 9.28. The molecule has 1 aliphatic rings. The molecule has 0 bridgehead atoms. The maximum absolute atomic E-state index is 9.68. The van der Waals surface area contributed by atoms with Crippen molar-refractivity contribution in [2.45, 2.75) is 25.4 Å². The Morgan fingerprint density at radius 1 is 1.46 bits per heavy atom. The third-order valence-electron chi connectivity index (χ3n) is 2.44. The van der Waals surface area contributed by atoms with Crippen molar-refractivity contribution in [1.29, 1.82) is 0 Å². The highest BCUT2D eigenvalue weighted by molar-refractivity contribution is 6.55. The van der Waals surface area contributed by atoms with Crippen molar-refractivity contribution < 1.29 is 5.11 Å². The molecule has 0 unspecified atom stereocenters. The Morgan fingerprint density at radius 3 is 2.46 bits per heavy atom. The first-order valence-corrected chi connectivity index (χ1v) is 5.21. The molecule has 0 aliphatic carbocycles. The molecular weight excluding hydrogens is 209 g/mol. The predicted octanol–water partition coefficient (Wildman–Crippen LogP) is 2.15. The summed E-state index contributed by atoms with van der Waals surface area (Å²) in [5.74, 6) is 0. The first-order chi connectivity index (χ1) is 5.99. The van der Waals surface area contributed by atoms with Crippen molar-refractivity contribution in [3.8, 4) is 0 Å². The second-order valence-corrected chi connectivity index (χ2v) is 4.80. The molecule has 0 aromatic heterocycles. The van der Waals surface area contributed by atoms with E-state index in [1.54, 1.807) is 6.08 Å². The molecule has 0 atom stereocenters. The van der Waals surface area contributed by atoms with E-state index in [-0.39, 0.29) is 0 Å². The lowest BCUT2D eigenvalue weighted by molar-refractivity contribution is -0.00244. The maximum atomic E-state index is 9.68. The van der Waals surface area contributed by atoms with Crippen molar-refractivity contribution in [2.24, 2.45) is 0 Å². The number of hydrogen-bond acceptors (Lipinski definition) is 2. The zero-order chi connectivity index (χ0) is 9.90. The molecule has 0 radical (unpaired) electrons. The topological polar surface area (TPSA) is 23.5 Å². The lowest BCUT2D eigenvalue weighted by Crippen LogP contribution is -2.42. The minimum Gasteiger partial charge on any atom is -0.390 e. The average molecular weight is 224 g/mol. The van der Waals surface area contributed by atoms with Crippen LogP contribution in [-0.4, -0.2) is 35.2 Å². The van der Waals surface area contributed by atoms with Gasteiger partial charge >= 0.3 is 0 Å². The van der Waals surface area contributed by atoms with Crippen LogP contribution in [0.4, 0.5) is 0 Å². The standard InChI is InChI=1S/C9H15Cl2NO/c1-9(13)3-6-12(7-4-9)5-2-8(10)11/h2,13H,3-7H2,1H3. The normalized spacial score (nSPS) is 22.8. The summed E-state index contributed by atoms with van der Waals surface area (Å²) in [6.07, 6.45) is 3.42. The molecule has 1 rings (SSSR count). The SMILES string of the molecule is CC1(O)CCN(CC=C(Cl)Cl)CC1. The maximum Gasteiger partial charge on any atom is 0.104 e. The summed E-state index contributed by atoms with van der Waals surface area (Å²) in [5, 5.41) is 9.68. The quantitative estimate of drug-likeness (QED) is 0.776. The number of hydrogen-bond donors (Lipinski definition) is 1. The molecule has 0 saturated carbocycles. The van der Waals surface area contributed by atoms with Crippen LogP contribution in [0.2, 0.25) is 0 Å². The van der Waals surface area contributed by atoms with E-state index in [1.165, 1.54) is 0 Å². The Hall–Kier alpha value is 0.240. The molecule has 1 N–H and O–H groups in total. The van der Waals surface area contributed by atoms with E-state index in [0.717, 1.165) is 32.5 Å². The van der Waals surface area contributed by atoms with Crippen LogP contribution in [0.15, 0.2) is 10.6 Å². The van der Waals surface area contributed by atoms with Crippen LogP contribution in [0.5, 0.6) is 0 Å². The van der Waals surface area contributed by atoms with E-state index in [1.807, 2.05) is 6.92 Å². The van der Waals surface area contributed by atoms with Gasteiger partial charge in [0.2, 0.25) is 0 Å². The van der Waals surface area contributed by atoms with Gasteiger partial charge in [0.1, 0.15) is 4.49 Å². The molecule has 76 valence electrons. The summed E-state index contributed by atoms with van der Waals surface area (Å²) in [6, 6.07) is 0. The number of likely N-dealkylation sites (tertiary alicyclic amines) is 1. The lowest BCUT2D eigenvalue weighted by atomic mass is 9.94. The molecule has 1 aliphatic heterocycles. The molecule has 13 heavy (non-hydrogen) atoms. The minimum atomic E-state index is -0.481. The van der Waals surface area contributed by atoms with E-state index < -0.39 is 5.60 Å². The summed E-state index contributed by atoms with van der Waals surface area (Å²) in [7, 11) is 0. The molecular formula is C9H15Cl2NO. The summed E-state index contributed by atoms with van der Waals surface area (Å²) >= 11 is 11.0.